The van der Waals surface area contributed by atoms with Crippen LogP contribution in [0, 0.1) is 6.92 Å². The number of hydrogen-bond acceptors (Lipinski definition) is 4. The molecule has 1 fully saturated rings. The minimum absolute atomic E-state index is 0.112. The molecule has 0 radical (unpaired) electrons. The molecule has 2 heterocycles. The third-order valence-electron chi connectivity index (χ3n) is 4.88. The highest BCUT2D eigenvalue weighted by Crippen LogP contribution is 2.25. The lowest BCUT2D eigenvalue weighted by Crippen LogP contribution is -2.55. The van der Waals surface area contributed by atoms with E-state index < -0.39 is 0 Å². The van der Waals surface area contributed by atoms with Crippen LogP contribution in [0.25, 0.3) is 0 Å². The molecule has 0 N–H and O–H groups in total. The molecule has 26 heavy (non-hydrogen) atoms. The number of amides is 1. The van der Waals surface area contributed by atoms with E-state index in [2.05, 4.69) is 16.6 Å². The summed E-state index contributed by atoms with van der Waals surface area (Å²) in [7, 11) is 1.64. The van der Waals surface area contributed by atoms with Crippen molar-refractivity contribution in [3.63, 3.8) is 0 Å². The zero-order chi connectivity index (χ0) is 18.7. The number of hydrogen-bond donors (Lipinski definition) is 0. The molecule has 6 nitrogen and oxygen atoms in total. The number of ether oxygens (including phenoxy) is 1. The van der Waals surface area contributed by atoms with Crippen LogP contribution in [-0.2, 0) is 17.9 Å². The van der Waals surface area contributed by atoms with E-state index in [0.717, 1.165) is 35.8 Å². The second-order valence-electron chi connectivity index (χ2n) is 6.59. The van der Waals surface area contributed by atoms with Gasteiger partial charge in [-0.3, -0.25) is 14.4 Å². The standard InChI is InChI=1S/C20H26N4O2/c1-5-9-23-14-17(15(2)21-23)13-22-10-11-24(20(25)16(22)3)18-7-6-8-19(12-18)26-4/h5-8,12,14,16H,1,9-11,13H2,2-4H3/t16-/m0/s1. The third-order valence-corrected chi connectivity index (χ3v) is 4.88. The van der Waals surface area contributed by atoms with Crippen molar-refractivity contribution in [2.24, 2.45) is 0 Å². The molecule has 2 aromatic rings. The molecule has 0 bridgehead atoms. The Kier molecular flexibility index (Phi) is 5.42. The number of piperazine rings is 1. The first-order valence-corrected chi connectivity index (χ1v) is 8.86. The molecule has 6 heteroatoms. The molecule has 1 aliphatic heterocycles. The number of benzene rings is 1. The van der Waals surface area contributed by atoms with Crippen molar-refractivity contribution in [3.8, 4) is 5.75 Å². The smallest absolute Gasteiger partial charge is 0.244 e. The number of rotatable bonds is 6. The zero-order valence-corrected chi connectivity index (χ0v) is 15.7. The first-order chi connectivity index (χ1) is 12.5. The summed E-state index contributed by atoms with van der Waals surface area (Å²) in [4.78, 5) is 17.0. The maximum Gasteiger partial charge on any atom is 0.244 e. The van der Waals surface area contributed by atoms with Crippen molar-refractivity contribution < 1.29 is 9.53 Å². The quantitative estimate of drug-likeness (QED) is 0.749. The molecule has 0 aliphatic carbocycles. The Morgan fingerprint density at radius 1 is 1.38 bits per heavy atom. The van der Waals surface area contributed by atoms with E-state index in [1.165, 1.54) is 0 Å². The first-order valence-electron chi connectivity index (χ1n) is 8.86. The fraction of sp³-hybridized carbons (Fsp3) is 0.400. The molecular formula is C20H26N4O2. The van der Waals surface area contributed by atoms with Crippen LogP contribution in [0.2, 0.25) is 0 Å². The number of nitrogens with zero attached hydrogens (tertiary/aromatic N) is 4. The Hall–Kier alpha value is -2.60. The van der Waals surface area contributed by atoms with Crippen molar-refractivity contribution in [2.75, 3.05) is 25.1 Å². The van der Waals surface area contributed by atoms with Crippen LogP contribution >= 0.6 is 0 Å². The maximum atomic E-state index is 12.9. The van der Waals surface area contributed by atoms with Gasteiger partial charge in [-0.2, -0.15) is 5.10 Å². The van der Waals surface area contributed by atoms with Gasteiger partial charge < -0.3 is 9.64 Å². The normalized spacial score (nSPS) is 18.2. The van der Waals surface area contributed by atoms with Gasteiger partial charge >= 0.3 is 0 Å². The summed E-state index contributed by atoms with van der Waals surface area (Å²) in [6, 6.07) is 7.47. The second kappa shape index (κ2) is 7.74. The number of carbonyl (C=O) groups excluding carboxylic acids is 1. The van der Waals surface area contributed by atoms with Crippen LogP contribution in [0.15, 0.2) is 43.1 Å². The van der Waals surface area contributed by atoms with E-state index in [-0.39, 0.29) is 11.9 Å². The molecule has 0 unspecified atom stereocenters. The molecule has 1 atom stereocenters. The largest absolute Gasteiger partial charge is 0.497 e. The minimum Gasteiger partial charge on any atom is -0.497 e. The molecule has 0 saturated carbocycles. The molecule has 0 spiro atoms. The summed E-state index contributed by atoms with van der Waals surface area (Å²) in [6.07, 6.45) is 3.87. The number of methoxy groups -OCH3 is 1. The molecule has 138 valence electrons. The van der Waals surface area contributed by atoms with Gasteiger partial charge in [0.2, 0.25) is 5.91 Å². The summed E-state index contributed by atoms with van der Waals surface area (Å²) < 4.78 is 7.16. The third kappa shape index (κ3) is 3.65. The van der Waals surface area contributed by atoms with Gasteiger partial charge in [-0.15, -0.1) is 6.58 Å². The van der Waals surface area contributed by atoms with E-state index in [1.54, 1.807) is 7.11 Å². The van der Waals surface area contributed by atoms with Crippen molar-refractivity contribution in [1.29, 1.82) is 0 Å². The summed E-state index contributed by atoms with van der Waals surface area (Å²) in [6.45, 7) is 10.6. The number of aromatic nitrogens is 2. The van der Waals surface area contributed by atoms with Crippen LogP contribution in [-0.4, -0.2) is 46.8 Å². The second-order valence-corrected chi connectivity index (χ2v) is 6.59. The minimum atomic E-state index is -0.183. The number of aryl methyl sites for hydroxylation is 1. The Labute approximate surface area is 154 Å². The SMILES string of the molecule is C=CCn1cc(CN2CCN(c3cccc(OC)c3)C(=O)[C@@H]2C)c(C)n1. The van der Waals surface area contributed by atoms with Gasteiger partial charge in [-0.25, -0.2) is 0 Å². The fourth-order valence-electron chi connectivity index (χ4n) is 3.32. The van der Waals surface area contributed by atoms with Crippen LogP contribution < -0.4 is 9.64 Å². The Morgan fingerprint density at radius 3 is 2.92 bits per heavy atom. The molecule has 1 aromatic carbocycles. The van der Waals surface area contributed by atoms with Gasteiger partial charge in [-0.05, 0) is 26.0 Å². The number of allylic oxidation sites excluding steroid dienone is 1. The predicted molar refractivity (Wildman–Crippen MR) is 102 cm³/mol. The highest BCUT2D eigenvalue weighted by atomic mass is 16.5. The van der Waals surface area contributed by atoms with E-state index in [9.17, 15) is 4.79 Å². The van der Waals surface area contributed by atoms with Gasteiger partial charge in [0.15, 0.2) is 0 Å². The van der Waals surface area contributed by atoms with Gasteiger partial charge in [-0.1, -0.05) is 12.1 Å². The first kappa shape index (κ1) is 18.2. The van der Waals surface area contributed by atoms with E-state index in [4.69, 9.17) is 4.74 Å². The monoisotopic (exact) mass is 354 g/mol. The molecule has 1 saturated heterocycles. The topological polar surface area (TPSA) is 50.6 Å². The van der Waals surface area contributed by atoms with Crippen LogP contribution in [0.1, 0.15) is 18.2 Å². The Bertz CT molecular complexity index is 799. The molecule has 1 aliphatic rings. The van der Waals surface area contributed by atoms with Gasteiger partial charge in [0.05, 0.1) is 25.4 Å². The van der Waals surface area contributed by atoms with Crippen molar-refractivity contribution in [1.82, 2.24) is 14.7 Å². The lowest BCUT2D eigenvalue weighted by Gasteiger charge is -2.39. The summed E-state index contributed by atoms with van der Waals surface area (Å²) in [5.41, 5.74) is 3.04. The lowest BCUT2D eigenvalue weighted by atomic mass is 10.1. The highest BCUT2D eigenvalue weighted by Gasteiger charge is 2.32. The predicted octanol–water partition coefficient (Wildman–Crippen LogP) is 2.62. The lowest BCUT2D eigenvalue weighted by molar-refractivity contribution is -0.125. The van der Waals surface area contributed by atoms with Crippen LogP contribution in [0.4, 0.5) is 5.69 Å². The summed E-state index contributed by atoms with van der Waals surface area (Å²) in [5.74, 6) is 0.872. The summed E-state index contributed by atoms with van der Waals surface area (Å²) in [5, 5.41) is 4.50. The van der Waals surface area contributed by atoms with E-state index in [0.29, 0.717) is 13.1 Å². The number of anilines is 1. The molecule has 1 amide bonds. The fourth-order valence-corrected chi connectivity index (χ4v) is 3.32. The Balaban J connectivity index is 1.72. The van der Waals surface area contributed by atoms with Crippen molar-refractivity contribution in [3.05, 3.63) is 54.4 Å². The van der Waals surface area contributed by atoms with Gasteiger partial charge in [0.25, 0.3) is 0 Å². The van der Waals surface area contributed by atoms with Crippen molar-refractivity contribution >= 4 is 11.6 Å². The molecule has 1 aromatic heterocycles. The van der Waals surface area contributed by atoms with Crippen molar-refractivity contribution in [2.45, 2.75) is 33.0 Å². The highest BCUT2D eigenvalue weighted by molar-refractivity contribution is 5.97. The average molecular weight is 354 g/mol. The van der Waals surface area contributed by atoms with Gasteiger partial charge in [0.1, 0.15) is 5.75 Å². The maximum absolute atomic E-state index is 12.9. The Morgan fingerprint density at radius 2 is 2.19 bits per heavy atom. The van der Waals surface area contributed by atoms with E-state index in [1.807, 2.05) is 60.0 Å². The van der Waals surface area contributed by atoms with E-state index >= 15 is 0 Å². The summed E-state index contributed by atoms with van der Waals surface area (Å²) >= 11 is 0. The van der Waals surface area contributed by atoms with Crippen LogP contribution in [0.5, 0.6) is 5.75 Å². The molecular weight excluding hydrogens is 328 g/mol. The zero-order valence-electron chi connectivity index (χ0n) is 15.7. The number of carbonyl (C=O) groups is 1. The average Bonchev–Trinajstić information content (AvgIpc) is 2.98. The van der Waals surface area contributed by atoms with Gasteiger partial charge in [0, 0.05) is 43.1 Å². The van der Waals surface area contributed by atoms with Crippen LogP contribution in [0.3, 0.4) is 0 Å². The molecule has 3 rings (SSSR count).